The minimum Gasteiger partial charge on any atom is -0.210 e. The zero-order valence-electron chi connectivity index (χ0n) is 6.85. The van der Waals surface area contributed by atoms with Crippen LogP contribution in [0.2, 0.25) is 0 Å². The predicted octanol–water partition coefficient (Wildman–Crippen LogP) is -0.887. The van der Waals surface area contributed by atoms with Gasteiger partial charge in [0.25, 0.3) is 10.0 Å². The summed E-state index contributed by atoms with van der Waals surface area (Å²) in [5.41, 5.74) is 0. The van der Waals surface area contributed by atoms with Crippen LogP contribution in [-0.2, 0) is 17.1 Å². The third-order valence-electron chi connectivity index (χ3n) is 1.19. The molecule has 68 valence electrons. The first kappa shape index (κ1) is 9.14. The van der Waals surface area contributed by atoms with Crippen LogP contribution in [0.3, 0.4) is 0 Å². The summed E-state index contributed by atoms with van der Waals surface area (Å²) >= 11 is 0. The van der Waals surface area contributed by atoms with Crippen LogP contribution in [0.1, 0.15) is 6.92 Å². The molecule has 1 aromatic heterocycles. The molecule has 0 saturated carbocycles. The minimum atomic E-state index is -3.43. The maximum atomic E-state index is 11.2. The van der Waals surface area contributed by atoms with E-state index in [1.54, 1.807) is 14.0 Å². The zero-order chi connectivity index (χ0) is 9.19. The lowest BCUT2D eigenvalue weighted by molar-refractivity contribution is 0.572. The van der Waals surface area contributed by atoms with Gasteiger partial charge in [-0.1, -0.05) is 6.92 Å². The molecule has 0 aliphatic carbocycles. The number of aromatic nitrogens is 3. The Balaban J connectivity index is 2.98. The molecule has 0 amide bonds. The number of hydrogen-bond donors (Lipinski definition) is 1. The average molecular weight is 190 g/mol. The molecule has 0 bridgehead atoms. The molecule has 0 spiro atoms. The molecule has 0 aliphatic rings. The highest BCUT2D eigenvalue weighted by atomic mass is 32.2. The molecule has 0 unspecified atom stereocenters. The summed E-state index contributed by atoms with van der Waals surface area (Å²) in [6, 6.07) is 0. The number of rotatable bonds is 3. The number of sulfonamides is 1. The highest BCUT2D eigenvalue weighted by Gasteiger charge is 2.15. The fourth-order valence-electron chi connectivity index (χ4n) is 0.714. The third-order valence-corrected chi connectivity index (χ3v) is 2.59. The largest absolute Gasteiger partial charge is 0.261 e. The van der Waals surface area contributed by atoms with Crippen molar-refractivity contribution in [2.75, 3.05) is 6.54 Å². The van der Waals surface area contributed by atoms with Gasteiger partial charge in [-0.25, -0.2) is 13.1 Å². The molecule has 7 heteroatoms. The Hall–Kier alpha value is -0.950. The summed E-state index contributed by atoms with van der Waals surface area (Å²) < 4.78 is 24.7. The van der Waals surface area contributed by atoms with E-state index >= 15 is 0 Å². The van der Waals surface area contributed by atoms with Gasteiger partial charge in [0.15, 0.2) is 0 Å². The van der Waals surface area contributed by atoms with Gasteiger partial charge >= 0.3 is 0 Å². The predicted molar refractivity (Wildman–Crippen MR) is 41.9 cm³/mol. The van der Waals surface area contributed by atoms with Crippen LogP contribution in [0, 0.1) is 0 Å². The number of nitrogens with one attached hydrogen (secondary N) is 1. The van der Waals surface area contributed by atoms with Gasteiger partial charge < -0.3 is 0 Å². The second kappa shape index (κ2) is 3.20. The van der Waals surface area contributed by atoms with E-state index in [9.17, 15) is 8.42 Å². The summed E-state index contributed by atoms with van der Waals surface area (Å²) in [7, 11) is -1.87. The van der Waals surface area contributed by atoms with Crippen LogP contribution >= 0.6 is 0 Å². The van der Waals surface area contributed by atoms with Crippen molar-refractivity contribution in [3.8, 4) is 0 Å². The lowest BCUT2D eigenvalue weighted by atomic mass is 10.8. The molecule has 0 saturated heterocycles. The van der Waals surface area contributed by atoms with Crippen molar-refractivity contribution < 1.29 is 8.42 Å². The summed E-state index contributed by atoms with van der Waals surface area (Å²) in [4.78, 5) is 1.20. The fourth-order valence-corrected chi connectivity index (χ4v) is 1.65. The Morgan fingerprint density at radius 2 is 2.33 bits per heavy atom. The van der Waals surface area contributed by atoms with Crippen molar-refractivity contribution in [3.05, 3.63) is 6.20 Å². The van der Waals surface area contributed by atoms with Gasteiger partial charge in [-0.3, -0.25) is 0 Å². The second-order valence-corrected chi connectivity index (χ2v) is 3.89. The van der Waals surface area contributed by atoms with E-state index in [-0.39, 0.29) is 5.03 Å². The molecular weight excluding hydrogens is 180 g/mol. The Labute approximate surface area is 70.6 Å². The molecule has 12 heavy (non-hydrogen) atoms. The molecule has 0 aromatic carbocycles. The zero-order valence-corrected chi connectivity index (χ0v) is 7.67. The van der Waals surface area contributed by atoms with Crippen LogP contribution < -0.4 is 4.72 Å². The first-order chi connectivity index (χ1) is 5.56. The summed E-state index contributed by atoms with van der Waals surface area (Å²) in [5, 5.41) is 7.26. The lowest BCUT2D eigenvalue weighted by Gasteiger charge is -1.97. The minimum absolute atomic E-state index is 0.0492. The van der Waals surface area contributed by atoms with Crippen molar-refractivity contribution in [2.24, 2.45) is 7.05 Å². The highest BCUT2D eigenvalue weighted by Crippen LogP contribution is 2.00. The molecule has 0 radical (unpaired) electrons. The maximum Gasteiger partial charge on any atom is 0.261 e. The van der Waals surface area contributed by atoms with E-state index in [0.29, 0.717) is 6.54 Å². The summed E-state index contributed by atoms with van der Waals surface area (Å²) in [6.07, 6.45) is 1.21. The number of aryl methyl sites for hydroxylation is 1. The van der Waals surface area contributed by atoms with Crippen molar-refractivity contribution in [3.63, 3.8) is 0 Å². The van der Waals surface area contributed by atoms with E-state index in [1.165, 1.54) is 11.0 Å². The number of hydrogen-bond acceptors (Lipinski definition) is 4. The lowest BCUT2D eigenvalue weighted by Crippen LogP contribution is -2.23. The molecule has 1 heterocycles. The van der Waals surface area contributed by atoms with E-state index in [4.69, 9.17) is 0 Å². The number of nitrogens with zero attached hydrogens (tertiary/aromatic N) is 3. The Morgan fingerprint density at radius 3 is 2.75 bits per heavy atom. The first-order valence-electron chi connectivity index (χ1n) is 3.42. The fraction of sp³-hybridized carbons (Fsp3) is 0.600. The van der Waals surface area contributed by atoms with Crippen molar-refractivity contribution >= 4 is 10.0 Å². The van der Waals surface area contributed by atoms with Crippen LogP contribution in [-0.4, -0.2) is 30.0 Å². The van der Waals surface area contributed by atoms with Gasteiger partial charge in [-0.2, -0.15) is 9.90 Å². The molecule has 1 N–H and O–H groups in total. The normalized spacial score (nSPS) is 11.8. The van der Waals surface area contributed by atoms with Gasteiger partial charge in [0.05, 0.1) is 6.20 Å². The van der Waals surface area contributed by atoms with Crippen molar-refractivity contribution in [1.82, 2.24) is 19.7 Å². The van der Waals surface area contributed by atoms with Crippen LogP contribution in [0.15, 0.2) is 11.2 Å². The standard InChI is InChI=1S/C5H10N4O2S/c1-3-7-12(10,11)5-4-6-9(2)8-5/h4,7H,3H2,1-2H3. The summed E-state index contributed by atoms with van der Waals surface area (Å²) in [6.45, 7) is 2.05. The van der Waals surface area contributed by atoms with Gasteiger partial charge in [0, 0.05) is 13.6 Å². The third kappa shape index (κ3) is 1.80. The monoisotopic (exact) mass is 190 g/mol. The average Bonchev–Trinajstić information content (AvgIpc) is 2.36. The Bertz CT molecular complexity index is 355. The van der Waals surface area contributed by atoms with Gasteiger partial charge in [-0.15, -0.1) is 5.10 Å². The van der Waals surface area contributed by atoms with Gasteiger partial charge in [-0.05, 0) is 0 Å². The Morgan fingerprint density at radius 1 is 1.67 bits per heavy atom. The van der Waals surface area contributed by atoms with E-state index in [0.717, 1.165) is 0 Å². The van der Waals surface area contributed by atoms with Crippen LogP contribution in [0.4, 0.5) is 0 Å². The van der Waals surface area contributed by atoms with Crippen LogP contribution in [0.5, 0.6) is 0 Å². The molecule has 6 nitrogen and oxygen atoms in total. The first-order valence-corrected chi connectivity index (χ1v) is 4.90. The molecule has 0 fully saturated rings. The molecule has 1 rings (SSSR count). The Kier molecular flexibility index (Phi) is 2.43. The highest BCUT2D eigenvalue weighted by molar-refractivity contribution is 7.89. The molecular formula is C5H10N4O2S. The quantitative estimate of drug-likeness (QED) is 0.671. The van der Waals surface area contributed by atoms with Gasteiger partial charge in [0.2, 0.25) is 5.03 Å². The van der Waals surface area contributed by atoms with Crippen molar-refractivity contribution in [2.45, 2.75) is 11.9 Å². The van der Waals surface area contributed by atoms with E-state index in [2.05, 4.69) is 14.9 Å². The van der Waals surface area contributed by atoms with Crippen LogP contribution in [0.25, 0.3) is 0 Å². The van der Waals surface area contributed by atoms with E-state index in [1.807, 2.05) is 0 Å². The second-order valence-electron chi connectivity index (χ2n) is 2.17. The SMILES string of the molecule is CCNS(=O)(=O)c1cnn(C)n1. The molecule has 0 atom stereocenters. The maximum absolute atomic E-state index is 11.2. The molecule has 1 aromatic rings. The van der Waals surface area contributed by atoms with Crippen molar-refractivity contribution in [1.29, 1.82) is 0 Å². The molecule has 0 aliphatic heterocycles. The topological polar surface area (TPSA) is 76.9 Å². The van der Waals surface area contributed by atoms with E-state index < -0.39 is 10.0 Å². The smallest absolute Gasteiger partial charge is 0.210 e. The summed E-state index contributed by atoms with van der Waals surface area (Å²) in [5.74, 6) is 0. The van der Waals surface area contributed by atoms with Gasteiger partial charge in [0.1, 0.15) is 0 Å².